The molecule has 0 spiro atoms. The highest BCUT2D eigenvalue weighted by Crippen LogP contribution is 2.29. The van der Waals surface area contributed by atoms with Crippen molar-refractivity contribution in [2.75, 3.05) is 19.6 Å². The van der Waals surface area contributed by atoms with Crippen LogP contribution in [-0.2, 0) is 9.59 Å². The first-order valence-electron chi connectivity index (χ1n) is 7.84. The predicted octanol–water partition coefficient (Wildman–Crippen LogP) is 1.79. The molecular formula is C15H24N2O2. The van der Waals surface area contributed by atoms with Crippen LogP contribution in [0.1, 0.15) is 51.4 Å². The average molecular weight is 264 g/mol. The molecule has 106 valence electrons. The summed E-state index contributed by atoms with van der Waals surface area (Å²) in [6.07, 6.45) is 8.36. The van der Waals surface area contributed by atoms with E-state index < -0.39 is 0 Å². The van der Waals surface area contributed by atoms with Crippen LogP contribution in [0.2, 0.25) is 0 Å². The van der Waals surface area contributed by atoms with E-state index in [0.29, 0.717) is 24.9 Å². The van der Waals surface area contributed by atoms with E-state index in [-0.39, 0.29) is 11.8 Å². The fourth-order valence-corrected chi connectivity index (χ4v) is 3.84. The van der Waals surface area contributed by atoms with E-state index in [2.05, 4.69) is 0 Å². The summed E-state index contributed by atoms with van der Waals surface area (Å²) in [5.74, 6) is 0.641. The number of hydrogen-bond donors (Lipinski definition) is 0. The van der Waals surface area contributed by atoms with E-state index in [1.807, 2.05) is 9.80 Å². The summed E-state index contributed by atoms with van der Waals surface area (Å²) in [7, 11) is 0. The zero-order chi connectivity index (χ0) is 13.2. The number of hydrogen-bond acceptors (Lipinski definition) is 2. The zero-order valence-corrected chi connectivity index (χ0v) is 11.6. The molecule has 0 bridgehead atoms. The molecule has 1 atom stereocenters. The van der Waals surface area contributed by atoms with Gasteiger partial charge in [-0.25, -0.2) is 0 Å². The van der Waals surface area contributed by atoms with Crippen LogP contribution in [0.4, 0.5) is 0 Å². The molecule has 4 nitrogen and oxygen atoms in total. The van der Waals surface area contributed by atoms with Crippen LogP contribution in [0, 0.1) is 5.92 Å². The Kier molecular flexibility index (Phi) is 3.76. The van der Waals surface area contributed by atoms with Crippen molar-refractivity contribution in [3.63, 3.8) is 0 Å². The first-order valence-corrected chi connectivity index (χ1v) is 7.84. The van der Waals surface area contributed by atoms with Gasteiger partial charge in [-0.1, -0.05) is 12.8 Å². The number of likely N-dealkylation sites (tertiary alicyclic amines) is 2. The quantitative estimate of drug-likeness (QED) is 0.763. The summed E-state index contributed by atoms with van der Waals surface area (Å²) < 4.78 is 0. The number of nitrogens with zero attached hydrogens (tertiary/aromatic N) is 2. The van der Waals surface area contributed by atoms with Gasteiger partial charge in [-0.05, 0) is 32.1 Å². The Labute approximate surface area is 115 Å². The van der Waals surface area contributed by atoms with Gasteiger partial charge < -0.3 is 9.80 Å². The van der Waals surface area contributed by atoms with E-state index in [0.717, 1.165) is 45.2 Å². The lowest BCUT2D eigenvalue weighted by molar-refractivity contribution is -0.144. The van der Waals surface area contributed by atoms with Crippen molar-refractivity contribution in [2.24, 2.45) is 5.92 Å². The summed E-state index contributed by atoms with van der Waals surface area (Å²) in [6, 6.07) is 0.418. The molecule has 0 aromatic heterocycles. The molecule has 0 aromatic carbocycles. The molecule has 0 aromatic rings. The molecule has 3 rings (SSSR count). The van der Waals surface area contributed by atoms with E-state index >= 15 is 0 Å². The van der Waals surface area contributed by atoms with Gasteiger partial charge in [-0.2, -0.15) is 0 Å². The first kappa shape index (κ1) is 12.9. The van der Waals surface area contributed by atoms with Crippen LogP contribution in [-0.4, -0.2) is 47.3 Å². The van der Waals surface area contributed by atoms with Gasteiger partial charge in [0, 0.05) is 32.1 Å². The normalized spacial score (nSPS) is 29.3. The van der Waals surface area contributed by atoms with E-state index in [1.165, 1.54) is 12.8 Å². The highest BCUT2D eigenvalue weighted by molar-refractivity contribution is 5.84. The number of carbonyl (C=O) groups excluding carboxylic acids is 2. The number of carbonyl (C=O) groups is 2. The third kappa shape index (κ3) is 2.63. The van der Waals surface area contributed by atoms with E-state index in [9.17, 15) is 9.59 Å². The van der Waals surface area contributed by atoms with Crippen molar-refractivity contribution in [3.05, 3.63) is 0 Å². The number of piperidine rings is 1. The molecule has 2 heterocycles. The lowest BCUT2D eigenvalue weighted by Gasteiger charge is -2.37. The molecular weight excluding hydrogens is 240 g/mol. The fraction of sp³-hybridized carbons (Fsp3) is 0.867. The largest absolute Gasteiger partial charge is 0.342 e. The summed E-state index contributed by atoms with van der Waals surface area (Å²) in [4.78, 5) is 28.6. The topological polar surface area (TPSA) is 40.6 Å². The Hall–Kier alpha value is -1.06. The molecule has 3 aliphatic rings. The van der Waals surface area contributed by atoms with Crippen LogP contribution in [0.15, 0.2) is 0 Å². The third-order valence-corrected chi connectivity index (χ3v) is 4.98. The molecule has 1 saturated carbocycles. The van der Waals surface area contributed by atoms with Crippen molar-refractivity contribution in [1.29, 1.82) is 0 Å². The van der Waals surface area contributed by atoms with Crippen LogP contribution in [0.5, 0.6) is 0 Å². The van der Waals surface area contributed by atoms with Crippen LogP contribution >= 0.6 is 0 Å². The second-order valence-corrected chi connectivity index (χ2v) is 6.25. The molecule has 19 heavy (non-hydrogen) atoms. The van der Waals surface area contributed by atoms with Crippen molar-refractivity contribution in [1.82, 2.24) is 9.80 Å². The van der Waals surface area contributed by atoms with Crippen molar-refractivity contribution in [2.45, 2.75) is 57.4 Å². The van der Waals surface area contributed by atoms with Gasteiger partial charge in [0.15, 0.2) is 0 Å². The minimum atomic E-state index is 0.0661. The minimum Gasteiger partial charge on any atom is -0.342 e. The SMILES string of the molecule is O=C(C1CCC(=O)N(C2CCCC2)C1)N1CCCC1. The maximum atomic E-state index is 12.5. The highest BCUT2D eigenvalue weighted by Gasteiger charge is 2.36. The molecule has 2 amide bonds. The van der Waals surface area contributed by atoms with Gasteiger partial charge in [0.05, 0.1) is 5.92 Å². The lowest BCUT2D eigenvalue weighted by Crippen LogP contribution is -2.49. The van der Waals surface area contributed by atoms with Crippen molar-refractivity contribution >= 4 is 11.8 Å². The Bertz CT molecular complexity index is 357. The monoisotopic (exact) mass is 264 g/mol. The molecule has 0 N–H and O–H groups in total. The Morgan fingerprint density at radius 3 is 2.37 bits per heavy atom. The van der Waals surface area contributed by atoms with Gasteiger partial charge in [0.1, 0.15) is 0 Å². The van der Waals surface area contributed by atoms with Crippen molar-refractivity contribution < 1.29 is 9.59 Å². The molecule has 0 radical (unpaired) electrons. The summed E-state index contributed by atoms with van der Waals surface area (Å²) in [5.41, 5.74) is 0. The molecule has 2 aliphatic heterocycles. The summed E-state index contributed by atoms with van der Waals surface area (Å²) >= 11 is 0. The Balaban J connectivity index is 1.63. The third-order valence-electron chi connectivity index (χ3n) is 4.98. The average Bonchev–Trinajstić information content (AvgIpc) is 3.12. The Morgan fingerprint density at radius 2 is 1.68 bits per heavy atom. The minimum absolute atomic E-state index is 0.0661. The lowest BCUT2D eigenvalue weighted by atomic mass is 9.94. The van der Waals surface area contributed by atoms with Gasteiger partial charge in [-0.3, -0.25) is 9.59 Å². The van der Waals surface area contributed by atoms with Crippen LogP contribution in [0.3, 0.4) is 0 Å². The summed E-state index contributed by atoms with van der Waals surface area (Å²) in [6.45, 7) is 2.53. The zero-order valence-electron chi connectivity index (χ0n) is 11.6. The maximum Gasteiger partial charge on any atom is 0.227 e. The number of amides is 2. The second kappa shape index (κ2) is 5.51. The van der Waals surface area contributed by atoms with Gasteiger partial charge in [0.2, 0.25) is 11.8 Å². The van der Waals surface area contributed by atoms with Crippen molar-refractivity contribution in [3.8, 4) is 0 Å². The Morgan fingerprint density at radius 1 is 1.00 bits per heavy atom. The van der Waals surface area contributed by atoms with Gasteiger partial charge >= 0.3 is 0 Å². The predicted molar refractivity (Wildman–Crippen MR) is 72.5 cm³/mol. The first-order chi connectivity index (χ1) is 9.25. The fourth-order valence-electron chi connectivity index (χ4n) is 3.84. The maximum absolute atomic E-state index is 12.5. The highest BCUT2D eigenvalue weighted by atomic mass is 16.2. The molecule has 1 aliphatic carbocycles. The summed E-state index contributed by atoms with van der Waals surface area (Å²) in [5, 5.41) is 0. The van der Waals surface area contributed by atoms with E-state index in [4.69, 9.17) is 0 Å². The van der Waals surface area contributed by atoms with E-state index in [1.54, 1.807) is 0 Å². The van der Waals surface area contributed by atoms with Gasteiger partial charge in [-0.15, -0.1) is 0 Å². The smallest absolute Gasteiger partial charge is 0.227 e. The standard InChI is InChI=1S/C15H24N2O2/c18-14-8-7-12(15(19)16-9-3-4-10-16)11-17(14)13-5-1-2-6-13/h12-13H,1-11H2. The van der Waals surface area contributed by atoms with Crippen LogP contribution < -0.4 is 0 Å². The number of rotatable bonds is 2. The molecule has 2 saturated heterocycles. The molecule has 3 fully saturated rings. The molecule has 4 heteroatoms. The second-order valence-electron chi connectivity index (χ2n) is 6.25. The van der Waals surface area contributed by atoms with Gasteiger partial charge in [0.25, 0.3) is 0 Å². The molecule has 1 unspecified atom stereocenters. The van der Waals surface area contributed by atoms with Crippen LogP contribution in [0.25, 0.3) is 0 Å².